The van der Waals surface area contributed by atoms with E-state index < -0.39 is 6.04 Å². The smallest absolute Gasteiger partial charge is 0.249 e. The summed E-state index contributed by atoms with van der Waals surface area (Å²) >= 11 is 0. The minimum absolute atomic E-state index is 0.0381. The van der Waals surface area contributed by atoms with Gasteiger partial charge in [0.25, 0.3) is 0 Å². The second-order valence-electron chi connectivity index (χ2n) is 13.8. The Morgan fingerprint density at radius 1 is 0.930 bits per heavy atom. The van der Waals surface area contributed by atoms with Crippen molar-refractivity contribution < 1.29 is 14.4 Å². The lowest BCUT2D eigenvalue weighted by atomic mass is 9.90. The number of likely N-dealkylation sites (tertiary alicyclic amines) is 2. The Hall–Kier alpha value is -2.67. The topological polar surface area (TPSA) is 73.0 Å². The molecule has 2 atom stereocenters. The summed E-state index contributed by atoms with van der Waals surface area (Å²) in [6.45, 7) is 19.3. The average Bonchev–Trinajstić information content (AvgIpc) is 2.98. The summed E-state index contributed by atoms with van der Waals surface area (Å²) in [5, 5.41) is 3.07. The molecule has 7 nitrogen and oxygen atoms in total. The van der Waals surface area contributed by atoms with Crippen molar-refractivity contribution in [2.75, 3.05) is 33.2 Å². The van der Waals surface area contributed by atoms with Gasteiger partial charge in [0.05, 0.1) is 6.04 Å². The highest BCUT2D eigenvalue weighted by Gasteiger charge is 2.34. The van der Waals surface area contributed by atoms with E-state index in [0.29, 0.717) is 18.0 Å². The van der Waals surface area contributed by atoms with Crippen LogP contribution in [0.3, 0.4) is 0 Å². The molecule has 2 aliphatic heterocycles. The van der Waals surface area contributed by atoms with Crippen LogP contribution in [0.15, 0.2) is 42.0 Å². The van der Waals surface area contributed by atoms with Crippen molar-refractivity contribution in [1.82, 2.24) is 20.0 Å². The van der Waals surface area contributed by atoms with E-state index in [9.17, 15) is 14.4 Å². The lowest BCUT2D eigenvalue weighted by Gasteiger charge is -2.38. The molecule has 242 valence electrons. The van der Waals surface area contributed by atoms with Gasteiger partial charge in [-0.2, -0.15) is 0 Å². The fourth-order valence-electron chi connectivity index (χ4n) is 5.84. The van der Waals surface area contributed by atoms with E-state index in [2.05, 4.69) is 69.1 Å². The minimum Gasteiger partial charge on any atom is -0.343 e. The van der Waals surface area contributed by atoms with Crippen molar-refractivity contribution in [3.05, 3.63) is 47.5 Å². The molecular weight excluding hydrogens is 536 g/mol. The fourth-order valence-corrected chi connectivity index (χ4v) is 5.84. The van der Waals surface area contributed by atoms with Crippen LogP contribution >= 0.6 is 0 Å². The van der Waals surface area contributed by atoms with Crippen LogP contribution in [0.1, 0.15) is 93.1 Å². The molecule has 0 saturated carbocycles. The molecule has 0 radical (unpaired) electrons. The number of amides is 3. The monoisotopic (exact) mass is 596 g/mol. The van der Waals surface area contributed by atoms with Gasteiger partial charge in [-0.15, -0.1) is 0 Å². The van der Waals surface area contributed by atoms with Crippen molar-refractivity contribution in [3.63, 3.8) is 0 Å². The molecule has 2 unspecified atom stereocenters. The molecule has 0 bridgehead atoms. The number of carbonyl (C=O) groups is 3. The van der Waals surface area contributed by atoms with E-state index in [0.717, 1.165) is 64.1 Å². The van der Waals surface area contributed by atoms with Gasteiger partial charge in [-0.05, 0) is 82.7 Å². The normalized spacial score (nSPS) is 19.2. The Labute approximate surface area is 262 Å². The summed E-state index contributed by atoms with van der Waals surface area (Å²) in [4.78, 5) is 45.5. The minimum atomic E-state index is -0.591. The zero-order valence-corrected chi connectivity index (χ0v) is 28.6. The first-order chi connectivity index (χ1) is 20.3. The number of likely N-dealkylation sites (N-methyl/N-ethyl adjacent to an activating group) is 1. The highest BCUT2D eigenvalue weighted by atomic mass is 16.2. The first-order valence-corrected chi connectivity index (χ1v) is 16.6. The van der Waals surface area contributed by atoms with E-state index in [4.69, 9.17) is 0 Å². The number of carbonyl (C=O) groups excluding carboxylic acids is 3. The molecule has 1 N–H and O–H groups in total. The molecular formula is C36H60N4O3. The average molecular weight is 597 g/mol. The standard InChI is InChI=1S/C32H50N4O3.C4H10/c1-23(2)29(33-30(37)28-14-10-11-18-36(28)24(3)4)32(39)34(6)19-15-25(5)31(38)35-20-16-27(17-21-35)22-26-12-8-7-9-13-26;1-4(2)3/h7-9,12-13,15,23-24,27-29H,10-11,14,16-22H2,1-6H3,(H,33,37);4H,1-3H3/b25-15+;. The lowest BCUT2D eigenvalue weighted by Crippen LogP contribution is -2.57. The van der Waals surface area contributed by atoms with Gasteiger partial charge in [-0.25, -0.2) is 0 Å². The maximum atomic E-state index is 13.4. The van der Waals surface area contributed by atoms with E-state index in [1.807, 2.05) is 37.8 Å². The quantitative estimate of drug-likeness (QED) is 0.340. The number of nitrogens with zero attached hydrogens (tertiary/aromatic N) is 3. The molecule has 0 spiro atoms. The number of hydrogen-bond donors (Lipinski definition) is 1. The first-order valence-electron chi connectivity index (χ1n) is 16.6. The molecule has 2 saturated heterocycles. The van der Waals surface area contributed by atoms with E-state index in [-0.39, 0.29) is 35.7 Å². The number of piperidine rings is 2. The Kier molecular flexibility index (Phi) is 15.5. The maximum absolute atomic E-state index is 13.4. The van der Waals surface area contributed by atoms with Crippen LogP contribution in [0.2, 0.25) is 0 Å². The Morgan fingerprint density at radius 2 is 1.53 bits per heavy atom. The lowest BCUT2D eigenvalue weighted by molar-refractivity contribution is -0.138. The number of nitrogens with one attached hydrogen (secondary N) is 1. The van der Waals surface area contributed by atoms with Gasteiger partial charge in [0, 0.05) is 38.3 Å². The molecule has 2 heterocycles. The Balaban J connectivity index is 0.00000151. The molecule has 0 aliphatic carbocycles. The second-order valence-corrected chi connectivity index (χ2v) is 13.8. The highest BCUT2D eigenvalue weighted by molar-refractivity contribution is 5.93. The molecule has 3 rings (SSSR count). The molecule has 1 aromatic rings. The van der Waals surface area contributed by atoms with Crippen molar-refractivity contribution in [3.8, 4) is 0 Å². The van der Waals surface area contributed by atoms with Crippen LogP contribution in [0.5, 0.6) is 0 Å². The first kappa shape index (κ1) is 36.5. The summed E-state index contributed by atoms with van der Waals surface area (Å²) in [7, 11) is 1.74. The summed E-state index contributed by atoms with van der Waals surface area (Å²) in [6.07, 6.45) is 7.89. The van der Waals surface area contributed by atoms with E-state index in [1.165, 1.54) is 5.56 Å². The Bertz CT molecular complexity index is 1030. The fraction of sp³-hybridized carbons (Fsp3) is 0.694. The van der Waals surface area contributed by atoms with Crippen LogP contribution in [0.4, 0.5) is 0 Å². The van der Waals surface area contributed by atoms with Crippen molar-refractivity contribution in [1.29, 1.82) is 0 Å². The molecule has 43 heavy (non-hydrogen) atoms. The van der Waals surface area contributed by atoms with Gasteiger partial charge in [-0.1, -0.05) is 77.4 Å². The molecule has 2 fully saturated rings. The molecule has 2 aliphatic rings. The van der Waals surface area contributed by atoms with Crippen LogP contribution in [-0.4, -0.2) is 83.8 Å². The predicted octanol–water partition coefficient (Wildman–Crippen LogP) is 5.94. The van der Waals surface area contributed by atoms with Gasteiger partial charge in [0.2, 0.25) is 17.7 Å². The van der Waals surface area contributed by atoms with Crippen molar-refractivity contribution >= 4 is 17.7 Å². The zero-order chi connectivity index (χ0) is 32.1. The van der Waals surface area contributed by atoms with Crippen LogP contribution in [0.25, 0.3) is 0 Å². The third-order valence-electron chi connectivity index (χ3n) is 8.39. The Morgan fingerprint density at radius 3 is 2.09 bits per heavy atom. The van der Waals surface area contributed by atoms with Gasteiger partial charge in [-0.3, -0.25) is 19.3 Å². The molecule has 0 aromatic heterocycles. The van der Waals surface area contributed by atoms with Gasteiger partial charge in [0.1, 0.15) is 6.04 Å². The second kappa shape index (κ2) is 18.2. The van der Waals surface area contributed by atoms with Gasteiger partial charge >= 0.3 is 0 Å². The van der Waals surface area contributed by atoms with Gasteiger partial charge in [0.15, 0.2) is 0 Å². The number of benzene rings is 1. The highest BCUT2D eigenvalue weighted by Crippen LogP contribution is 2.23. The third-order valence-corrected chi connectivity index (χ3v) is 8.39. The summed E-state index contributed by atoms with van der Waals surface area (Å²) in [5.74, 6) is 1.27. The molecule has 1 aromatic carbocycles. The summed E-state index contributed by atoms with van der Waals surface area (Å²) < 4.78 is 0. The largest absolute Gasteiger partial charge is 0.343 e. The SMILES string of the molecule is C/C(=C\CN(C)C(=O)C(NC(=O)C1CCCCN1C(C)C)C(C)C)C(=O)N1CCC(Cc2ccccc2)CC1.CC(C)C. The predicted molar refractivity (Wildman–Crippen MR) is 178 cm³/mol. The van der Waals surface area contributed by atoms with Crippen LogP contribution < -0.4 is 5.32 Å². The van der Waals surface area contributed by atoms with Crippen LogP contribution in [0, 0.1) is 17.8 Å². The van der Waals surface area contributed by atoms with Crippen molar-refractivity contribution in [2.45, 2.75) is 112 Å². The molecule has 3 amide bonds. The van der Waals surface area contributed by atoms with Crippen LogP contribution in [-0.2, 0) is 20.8 Å². The number of hydrogen-bond acceptors (Lipinski definition) is 4. The van der Waals surface area contributed by atoms with E-state index >= 15 is 0 Å². The van der Waals surface area contributed by atoms with Gasteiger partial charge < -0.3 is 15.1 Å². The van der Waals surface area contributed by atoms with Crippen molar-refractivity contribution in [2.24, 2.45) is 17.8 Å². The zero-order valence-electron chi connectivity index (χ0n) is 28.6. The molecule has 7 heteroatoms. The number of rotatable bonds is 10. The summed E-state index contributed by atoms with van der Waals surface area (Å²) in [6, 6.07) is 10.1. The third kappa shape index (κ3) is 12.1. The maximum Gasteiger partial charge on any atom is 0.249 e. The summed E-state index contributed by atoms with van der Waals surface area (Å²) in [5.41, 5.74) is 2.02. The van der Waals surface area contributed by atoms with E-state index in [1.54, 1.807) is 11.9 Å².